The fraction of sp³-hybridized carbons (Fsp3) is 0.250. The molecule has 0 fully saturated rings. The van der Waals surface area contributed by atoms with Crippen LogP contribution in [0.25, 0.3) is 0 Å². The average molecular weight is 357 g/mol. The van der Waals surface area contributed by atoms with Gasteiger partial charge in [0, 0.05) is 5.02 Å². The number of hydrogen-bond acceptors (Lipinski definition) is 1. The summed E-state index contributed by atoms with van der Waals surface area (Å²) < 4.78 is 14.0. The van der Waals surface area contributed by atoms with Gasteiger partial charge in [-0.3, -0.25) is 0 Å². The third-order valence-electron chi connectivity index (χ3n) is 3.31. The van der Waals surface area contributed by atoms with Gasteiger partial charge in [0.05, 0.1) is 4.47 Å². The van der Waals surface area contributed by atoms with Crippen molar-refractivity contribution in [3.63, 3.8) is 0 Å². The largest absolute Gasteiger partial charge is 0.330 e. The van der Waals surface area contributed by atoms with Crippen molar-refractivity contribution in [3.05, 3.63) is 68.9 Å². The SMILES string of the molecule is NCC(Cc1ccc(Cl)cc1)Cc1cccc(F)c1Br. The van der Waals surface area contributed by atoms with Gasteiger partial charge in [-0.05, 0) is 70.6 Å². The Hall–Kier alpha value is -0.900. The zero-order valence-electron chi connectivity index (χ0n) is 11.0. The molecule has 0 bridgehead atoms. The van der Waals surface area contributed by atoms with Crippen molar-refractivity contribution in [2.75, 3.05) is 6.54 Å². The maximum Gasteiger partial charge on any atom is 0.137 e. The van der Waals surface area contributed by atoms with E-state index in [1.807, 2.05) is 30.3 Å². The molecule has 0 aliphatic carbocycles. The molecule has 106 valence electrons. The number of benzene rings is 2. The molecule has 0 aliphatic rings. The molecule has 20 heavy (non-hydrogen) atoms. The molecule has 2 aromatic carbocycles. The van der Waals surface area contributed by atoms with Gasteiger partial charge in [0.1, 0.15) is 5.82 Å². The maximum absolute atomic E-state index is 13.5. The second-order valence-electron chi connectivity index (χ2n) is 4.85. The van der Waals surface area contributed by atoms with Gasteiger partial charge in [0.15, 0.2) is 0 Å². The van der Waals surface area contributed by atoms with E-state index in [2.05, 4.69) is 15.9 Å². The molecule has 4 heteroatoms. The highest BCUT2D eigenvalue weighted by molar-refractivity contribution is 9.10. The molecule has 1 unspecified atom stereocenters. The molecule has 2 aromatic rings. The highest BCUT2D eigenvalue weighted by Crippen LogP contribution is 2.24. The Balaban J connectivity index is 2.09. The lowest BCUT2D eigenvalue weighted by atomic mass is 9.92. The predicted octanol–water partition coefficient (Wildman–Crippen LogP) is 4.60. The van der Waals surface area contributed by atoms with Crippen LogP contribution in [0.2, 0.25) is 5.02 Å². The molecule has 0 saturated heterocycles. The summed E-state index contributed by atoms with van der Waals surface area (Å²) in [5.74, 6) is 0.0408. The van der Waals surface area contributed by atoms with Crippen LogP contribution in [-0.2, 0) is 12.8 Å². The van der Waals surface area contributed by atoms with Gasteiger partial charge in [0.2, 0.25) is 0 Å². The lowest BCUT2D eigenvalue weighted by Gasteiger charge is -2.16. The second kappa shape index (κ2) is 7.21. The van der Waals surface area contributed by atoms with Crippen molar-refractivity contribution >= 4 is 27.5 Å². The third-order valence-corrected chi connectivity index (χ3v) is 4.45. The molecular formula is C16H16BrClFN. The first-order valence-corrected chi connectivity index (χ1v) is 7.64. The van der Waals surface area contributed by atoms with Crippen LogP contribution in [0, 0.1) is 11.7 Å². The van der Waals surface area contributed by atoms with Crippen LogP contribution in [0.4, 0.5) is 4.39 Å². The van der Waals surface area contributed by atoms with Crippen LogP contribution >= 0.6 is 27.5 Å². The summed E-state index contributed by atoms with van der Waals surface area (Å²) in [6.07, 6.45) is 1.61. The molecule has 0 heterocycles. The molecule has 1 atom stereocenters. The zero-order valence-corrected chi connectivity index (χ0v) is 13.3. The molecule has 2 rings (SSSR count). The molecule has 0 radical (unpaired) electrons. The number of rotatable bonds is 5. The summed E-state index contributed by atoms with van der Waals surface area (Å²) in [5, 5.41) is 0.728. The topological polar surface area (TPSA) is 26.0 Å². The zero-order chi connectivity index (χ0) is 14.5. The average Bonchev–Trinajstić information content (AvgIpc) is 2.45. The smallest absolute Gasteiger partial charge is 0.137 e. The maximum atomic E-state index is 13.5. The van der Waals surface area contributed by atoms with Crippen LogP contribution < -0.4 is 5.73 Å². The number of halogens is 3. The van der Waals surface area contributed by atoms with E-state index in [0.717, 1.165) is 23.4 Å². The van der Waals surface area contributed by atoms with Crippen molar-refractivity contribution in [1.82, 2.24) is 0 Å². The normalized spacial score (nSPS) is 12.4. The summed E-state index contributed by atoms with van der Waals surface area (Å²) in [5.41, 5.74) is 8.00. The third kappa shape index (κ3) is 4.05. The van der Waals surface area contributed by atoms with Gasteiger partial charge in [-0.25, -0.2) is 4.39 Å². The number of hydrogen-bond donors (Lipinski definition) is 1. The highest BCUT2D eigenvalue weighted by atomic mass is 79.9. The Morgan fingerprint density at radius 1 is 1.10 bits per heavy atom. The van der Waals surface area contributed by atoms with Gasteiger partial charge in [-0.1, -0.05) is 35.9 Å². The summed E-state index contributed by atoms with van der Waals surface area (Å²) in [6.45, 7) is 0.561. The minimum absolute atomic E-state index is 0.232. The van der Waals surface area contributed by atoms with E-state index in [1.165, 1.54) is 11.6 Å². The van der Waals surface area contributed by atoms with Crippen molar-refractivity contribution in [3.8, 4) is 0 Å². The Kier molecular flexibility index (Phi) is 5.58. The van der Waals surface area contributed by atoms with Crippen molar-refractivity contribution in [1.29, 1.82) is 0 Å². The lowest BCUT2D eigenvalue weighted by molar-refractivity contribution is 0.528. The molecule has 0 aromatic heterocycles. The van der Waals surface area contributed by atoms with Gasteiger partial charge in [-0.15, -0.1) is 0 Å². The van der Waals surface area contributed by atoms with Crippen LogP contribution in [-0.4, -0.2) is 6.54 Å². The van der Waals surface area contributed by atoms with E-state index in [4.69, 9.17) is 17.3 Å². The molecule has 1 nitrogen and oxygen atoms in total. The highest BCUT2D eigenvalue weighted by Gasteiger charge is 2.13. The first-order valence-electron chi connectivity index (χ1n) is 6.47. The first kappa shape index (κ1) is 15.5. The van der Waals surface area contributed by atoms with Gasteiger partial charge in [-0.2, -0.15) is 0 Å². The fourth-order valence-corrected chi connectivity index (χ4v) is 2.76. The predicted molar refractivity (Wildman–Crippen MR) is 85.5 cm³/mol. The van der Waals surface area contributed by atoms with Gasteiger partial charge < -0.3 is 5.73 Å². The van der Waals surface area contributed by atoms with Crippen molar-refractivity contribution in [2.45, 2.75) is 12.8 Å². The molecule has 0 saturated carbocycles. The van der Waals surface area contributed by atoms with E-state index in [9.17, 15) is 4.39 Å². The molecular weight excluding hydrogens is 341 g/mol. The molecule has 0 aliphatic heterocycles. The van der Waals surface area contributed by atoms with E-state index in [0.29, 0.717) is 11.0 Å². The van der Waals surface area contributed by atoms with Crippen molar-refractivity contribution < 1.29 is 4.39 Å². The summed E-state index contributed by atoms with van der Waals surface area (Å²) >= 11 is 9.18. The first-order chi connectivity index (χ1) is 9.60. The van der Waals surface area contributed by atoms with Crippen LogP contribution in [0.1, 0.15) is 11.1 Å². The molecule has 2 N–H and O–H groups in total. The van der Waals surface area contributed by atoms with Crippen LogP contribution in [0.15, 0.2) is 46.9 Å². The molecule has 0 spiro atoms. The second-order valence-corrected chi connectivity index (χ2v) is 6.08. The van der Waals surface area contributed by atoms with Crippen molar-refractivity contribution in [2.24, 2.45) is 11.7 Å². The van der Waals surface area contributed by atoms with Crippen LogP contribution in [0.5, 0.6) is 0 Å². The Morgan fingerprint density at radius 2 is 1.80 bits per heavy atom. The van der Waals surface area contributed by atoms with Gasteiger partial charge in [0.25, 0.3) is 0 Å². The Bertz CT molecular complexity index is 571. The van der Waals surface area contributed by atoms with Gasteiger partial charge >= 0.3 is 0 Å². The monoisotopic (exact) mass is 355 g/mol. The van der Waals surface area contributed by atoms with Crippen LogP contribution in [0.3, 0.4) is 0 Å². The van der Waals surface area contributed by atoms with E-state index in [1.54, 1.807) is 6.07 Å². The summed E-state index contributed by atoms with van der Waals surface area (Å²) in [6, 6.07) is 12.9. The summed E-state index contributed by atoms with van der Waals surface area (Å²) in [7, 11) is 0. The summed E-state index contributed by atoms with van der Waals surface area (Å²) in [4.78, 5) is 0. The minimum atomic E-state index is -0.232. The van der Waals surface area contributed by atoms with E-state index >= 15 is 0 Å². The quantitative estimate of drug-likeness (QED) is 0.832. The van der Waals surface area contributed by atoms with E-state index in [-0.39, 0.29) is 11.7 Å². The Morgan fingerprint density at radius 3 is 2.45 bits per heavy atom. The molecule has 0 amide bonds. The minimum Gasteiger partial charge on any atom is -0.330 e. The number of nitrogens with two attached hydrogens (primary N) is 1. The lowest BCUT2D eigenvalue weighted by Crippen LogP contribution is -2.19. The van der Waals surface area contributed by atoms with E-state index < -0.39 is 0 Å². The standard InChI is InChI=1S/C16H16BrClFN/c17-16-13(2-1-3-15(16)19)9-12(10-20)8-11-4-6-14(18)7-5-11/h1-7,12H,8-10,20H2. The fourth-order valence-electron chi connectivity index (χ4n) is 2.21. The Labute approximate surface area is 132 Å².